The van der Waals surface area contributed by atoms with E-state index in [1.165, 1.54) is 11.8 Å². The monoisotopic (exact) mass is 436 g/mol. The molecule has 0 saturated heterocycles. The zero-order valence-electron chi connectivity index (χ0n) is 16.2. The summed E-state index contributed by atoms with van der Waals surface area (Å²) < 4.78 is 5.41. The van der Waals surface area contributed by atoms with Crippen LogP contribution in [-0.4, -0.2) is 31.7 Å². The standard InChI is InChI=1S/C22H20N4O2S2/c27-22(16-29-15-19-11-20(28-25-19)21-4-2-10-30-21)26(13-17-5-8-23-9-6-17)14-18-3-1-7-24-12-18/h1-12H,13-16H2. The molecule has 0 fully saturated rings. The minimum absolute atomic E-state index is 0.0719. The normalized spacial score (nSPS) is 10.8. The van der Waals surface area contributed by atoms with E-state index in [0.717, 1.165) is 27.5 Å². The molecule has 8 heteroatoms. The van der Waals surface area contributed by atoms with Gasteiger partial charge in [0, 0.05) is 49.7 Å². The van der Waals surface area contributed by atoms with Crippen LogP contribution in [0.4, 0.5) is 0 Å². The maximum atomic E-state index is 13.0. The fraction of sp³-hybridized carbons (Fsp3) is 0.182. The number of carbonyl (C=O) groups excluding carboxylic acids is 1. The Bertz CT molecular complexity index is 1010. The van der Waals surface area contributed by atoms with Crippen molar-refractivity contribution in [3.05, 3.63) is 89.5 Å². The first-order valence-corrected chi connectivity index (χ1v) is 11.4. The largest absolute Gasteiger partial charge is 0.355 e. The van der Waals surface area contributed by atoms with Crippen LogP contribution in [0.5, 0.6) is 0 Å². The highest BCUT2D eigenvalue weighted by Gasteiger charge is 2.16. The van der Waals surface area contributed by atoms with E-state index >= 15 is 0 Å². The lowest BCUT2D eigenvalue weighted by Crippen LogP contribution is -2.31. The summed E-state index contributed by atoms with van der Waals surface area (Å²) in [6.45, 7) is 1.05. The third kappa shape index (κ3) is 5.55. The molecule has 0 N–H and O–H groups in total. The minimum Gasteiger partial charge on any atom is -0.355 e. The molecular formula is C22H20N4O2S2. The maximum absolute atomic E-state index is 13.0. The van der Waals surface area contributed by atoms with Gasteiger partial charge < -0.3 is 9.42 Å². The first kappa shape index (κ1) is 20.3. The minimum atomic E-state index is 0.0719. The van der Waals surface area contributed by atoms with Crippen LogP contribution in [0, 0.1) is 0 Å². The third-order valence-corrected chi connectivity index (χ3v) is 6.21. The highest BCUT2D eigenvalue weighted by atomic mass is 32.2. The average molecular weight is 437 g/mol. The van der Waals surface area contributed by atoms with E-state index in [2.05, 4.69) is 15.1 Å². The smallest absolute Gasteiger partial charge is 0.233 e. The lowest BCUT2D eigenvalue weighted by atomic mass is 10.2. The molecule has 0 saturated carbocycles. The van der Waals surface area contributed by atoms with E-state index in [0.29, 0.717) is 24.6 Å². The topological polar surface area (TPSA) is 72.1 Å². The van der Waals surface area contributed by atoms with E-state index in [9.17, 15) is 4.79 Å². The number of hydrogen-bond donors (Lipinski definition) is 0. The number of pyridine rings is 2. The van der Waals surface area contributed by atoms with E-state index in [1.54, 1.807) is 36.1 Å². The van der Waals surface area contributed by atoms with Crippen LogP contribution >= 0.6 is 23.1 Å². The van der Waals surface area contributed by atoms with Crippen molar-refractivity contribution in [2.45, 2.75) is 18.8 Å². The molecule has 0 aliphatic heterocycles. The van der Waals surface area contributed by atoms with E-state index in [-0.39, 0.29) is 5.91 Å². The molecule has 0 aromatic carbocycles. The molecule has 4 aromatic rings. The predicted molar refractivity (Wildman–Crippen MR) is 119 cm³/mol. The molecule has 152 valence electrons. The summed E-state index contributed by atoms with van der Waals surface area (Å²) in [5.41, 5.74) is 2.88. The van der Waals surface area contributed by atoms with Crippen LogP contribution in [0.15, 0.2) is 77.2 Å². The molecule has 1 amide bonds. The van der Waals surface area contributed by atoms with Gasteiger partial charge in [0.1, 0.15) is 0 Å². The van der Waals surface area contributed by atoms with Crippen molar-refractivity contribution >= 4 is 29.0 Å². The molecule has 4 rings (SSSR count). The van der Waals surface area contributed by atoms with Crippen molar-refractivity contribution in [1.82, 2.24) is 20.0 Å². The van der Waals surface area contributed by atoms with Crippen LogP contribution in [0.25, 0.3) is 10.6 Å². The summed E-state index contributed by atoms with van der Waals surface area (Å²) in [6.07, 6.45) is 7.01. The van der Waals surface area contributed by atoms with Crippen molar-refractivity contribution in [3.8, 4) is 10.6 Å². The molecule has 0 spiro atoms. The van der Waals surface area contributed by atoms with E-state index in [4.69, 9.17) is 4.52 Å². The number of nitrogens with zero attached hydrogens (tertiary/aromatic N) is 4. The van der Waals surface area contributed by atoms with Crippen molar-refractivity contribution in [2.24, 2.45) is 0 Å². The fourth-order valence-electron chi connectivity index (χ4n) is 2.90. The van der Waals surface area contributed by atoms with Gasteiger partial charge >= 0.3 is 0 Å². The summed E-state index contributed by atoms with van der Waals surface area (Å²) in [7, 11) is 0. The summed E-state index contributed by atoms with van der Waals surface area (Å²) in [5.74, 6) is 1.83. The molecule has 0 aliphatic rings. The summed E-state index contributed by atoms with van der Waals surface area (Å²) >= 11 is 3.15. The third-order valence-electron chi connectivity index (χ3n) is 4.37. The van der Waals surface area contributed by atoms with Gasteiger partial charge in [0.2, 0.25) is 5.91 Å². The van der Waals surface area contributed by atoms with Crippen molar-refractivity contribution in [1.29, 1.82) is 0 Å². The Balaban J connectivity index is 1.36. The van der Waals surface area contributed by atoms with Gasteiger partial charge in [-0.2, -0.15) is 0 Å². The highest BCUT2D eigenvalue weighted by Crippen LogP contribution is 2.26. The van der Waals surface area contributed by atoms with Crippen LogP contribution in [0.3, 0.4) is 0 Å². The summed E-state index contributed by atoms with van der Waals surface area (Å²) in [6, 6.07) is 13.6. The molecule has 4 aromatic heterocycles. The van der Waals surface area contributed by atoms with Crippen LogP contribution in [-0.2, 0) is 23.6 Å². The molecule has 0 radical (unpaired) electrons. The SMILES string of the molecule is O=C(CSCc1cc(-c2cccs2)on1)N(Cc1ccncc1)Cc1cccnc1. The predicted octanol–water partition coefficient (Wildman–Crippen LogP) is 4.66. The van der Waals surface area contributed by atoms with Gasteiger partial charge in [-0.15, -0.1) is 23.1 Å². The van der Waals surface area contributed by atoms with Gasteiger partial charge in [0.15, 0.2) is 5.76 Å². The first-order valence-electron chi connectivity index (χ1n) is 9.41. The second-order valence-electron chi connectivity index (χ2n) is 6.62. The molecule has 0 unspecified atom stereocenters. The molecular weight excluding hydrogens is 416 g/mol. The molecule has 0 aliphatic carbocycles. The zero-order chi connectivity index (χ0) is 20.6. The van der Waals surface area contributed by atoms with Crippen LogP contribution in [0.2, 0.25) is 0 Å². The van der Waals surface area contributed by atoms with Gasteiger partial charge in [-0.05, 0) is 40.8 Å². The van der Waals surface area contributed by atoms with Gasteiger partial charge in [-0.3, -0.25) is 14.8 Å². The first-order chi connectivity index (χ1) is 14.8. The lowest BCUT2D eigenvalue weighted by molar-refractivity contribution is -0.129. The van der Waals surface area contributed by atoms with Crippen LogP contribution in [0.1, 0.15) is 16.8 Å². The number of aromatic nitrogens is 3. The summed E-state index contributed by atoms with van der Waals surface area (Å²) in [5, 5.41) is 6.12. The van der Waals surface area contributed by atoms with Gasteiger partial charge in [-0.25, -0.2) is 0 Å². The number of hydrogen-bond acceptors (Lipinski definition) is 7. The van der Waals surface area contributed by atoms with E-state index < -0.39 is 0 Å². The molecule has 4 heterocycles. The van der Waals surface area contributed by atoms with E-state index in [1.807, 2.05) is 52.7 Å². The Hall–Kier alpha value is -2.97. The van der Waals surface area contributed by atoms with Crippen molar-refractivity contribution in [2.75, 3.05) is 5.75 Å². The average Bonchev–Trinajstić information content (AvgIpc) is 3.47. The Morgan fingerprint density at radius 2 is 1.90 bits per heavy atom. The Morgan fingerprint density at radius 3 is 2.67 bits per heavy atom. The van der Waals surface area contributed by atoms with Crippen molar-refractivity contribution < 1.29 is 9.32 Å². The zero-order valence-corrected chi connectivity index (χ0v) is 17.8. The fourth-order valence-corrected chi connectivity index (χ4v) is 4.38. The highest BCUT2D eigenvalue weighted by molar-refractivity contribution is 7.99. The Kier molecular flexibility index (Phi) is 6.89. The second-order valence-corrected chi connectivity index (χ2v) is 8.55. The maximum Gasteiger partial charge on any atom is 0.233 e. The quantitative estimate of drug-likeness (QED) is 0.380. The molecule has 6 nitrogen and oxygen atoms in total. The van der Waals surface area contributed by atoms with Gasteiger partial charge in [0.25, 0.3) is 0 Å². The van der Waals surface area contributed by atoms with Gasteiger partial charge in [0.05, 0.1) is 16.3 Å². The Labute approximate surface area is 183 Å². The van der Waals surface area contributed by atoms with Crippen LogP contribution < -0.4 is 0 Å². The second kappa shape index (κ2) is 10.2. The molecule has 0 atom stereocenters. The molecule has 30 heavy (non-hydrogen) atoms. The van der Waals surface area contributed by atoms with Crippen molar-refractivity contribution in [3.63, 3.8) is 0 Å². The summed E-state index contributed by atoms with van der Waals surface area (Å²) in [4.78, 5) is 24.1. The lowest BCUT2D eigenvalue weighted by Gasteiger charge is -2.22. The number of rotatable bonds is 9. The number of carbonyl (C=O) groups is 1. The Morgan fingerprint density at radius 1 is 1.03 bits per heavy atom. The number of thioether (sulfide) groups is 1. The number of amides is 1. The molecule has 0 bridgehead atoms. The number of thiophene rings is 1. The van der Waals surface area contributed by atoms with Gasteiger partial charge in [-0.1, -0.05) is 17.3 Å².